The van der Waals surface area contributed by atoms with Crippen LogP contribution >= 0.6 is 12.4 Å². The number of nitrogens with one attached hydrogen (secondary N) is 2. The first kappa shape index (κ1) is 13.2. The average Bonchev–Trinajstić information content (AvgIpc) is 2.28. The van der Waals surface area contributed by atoms with E-state index in [1.807, 2.05) is 13.0 Å². The van der Waals surface area contributed by atoms with Gasteiger partial charge >= 0.3 is 0 Å². The Balaban J connectivity index is 0.00000128. The quantitative estimate of drug-likeness (QED) is 0.846. The van der Waals surface area contributed by atoms with Gasteiger partial charge in [0.05, 0.1) is 0 Å². The largest absolute Gasteiger partial charge is 0.354 e. The molecule has 1 aromatic heterocycles. The van der Waals surface area contributed by atoms with Crippen molar-refractivity contribution in [3.05, 3.63) is 18.0 Å². The van der Waals surface area contributed by atoms with Gasteiger partial charge in [-0.05, 0) is 44.8 Å². The molecule has 0 aliphatic carbocycles. The Kier molecular flexibility index (Phi) is 5.49. The second-order valence-electron chi connectivity index (χ2n) is 4.11. The molecule has 0 bridgehead atoms. The van der Waals surface area contributed by atoms with Crippen molar-refractivity contribution in [3.8, 4) is 0 Å². The van der Waals surface area contributed by atoms with E-state index in [0.29, 0.717) is 5.92 Å². The molecule has 4 nitrogen and oxygen atoms in total. The number of hydrogen-bond donors (Lipinski definition) is 2. The minimum atomic E-state index is 0. The summed E-state index contributed by atoms with van der Waals surface area (Å²) in [5, 5.41) is 6.69. The second-order valence-corrected chi connectivity index (χ2v) is 4.11. The molecule has 16 heavy (non-hydrogen) atoms. The predicted molar refractivity (Wildman–Crippen MR) is 68.1 cm³/mol. The molecule has 90 valence electrons. The van der Waals surface area contributed by atoms with Gasteiger partial charge in [0.1, 0.15) is 0 Å². The molecule has 2 heterocycles. The van der Waals surface area contributed by atoms with Crippen molar-refractivity contribution in [2.75, 3.05) is 25.0 Å². The smallest absolute Gasteiger partial charge is 0.222 e. The van der Waals surface area contributed by atoms with Crippen molar-refractivity contribution in [2.45, 2.75) is 19.8 Å². The van der Waals surface area contributed by atoms with E-state index < -0.39 is 0 Å². The van der Waals surface area contributed by atoms with E-state index in [9.17, 15) is 0 Å². The van der Waals surface area contributed by atoms with Crippen LogP contribution in [0.3, 0.4) is 0 Å². The Labute approximate surface area is 103 Å². The molecule has 0 amide bonds. The lowest BCUT2D eigenvalue weighted by Crippen LogP contribution is -2.33. The molecule has 0 spiro atoms. The van der Waals surface area contributed by atoms with E-state index in [4.69, 9.17) is 0 Å². The number of aromatic nitrogens is 2. The van der Waals surface area contributed by atoms with Gasteiger partial charge < -0.3 is 10.6 Å². The zero-order chi connectivity index (χ0) is 10.5. The number of halogens is 1. The van der Waals surface area contributed by atoms with Gasteiger partial charge in [0, 0.05) is 18.4 Å². The molecular weight excluding hydrogens is 224 g/mol. The molecule has 0 aromatic carbocycles. The zero-order valence-corrected chi connectivity index (χ0v) is 10.4. The number of hydrogen-bond acceptors (Lipinski definition) is 4. The van der Waals surface area contributed by atoms with Crippen LogP contribution in [0.25, 0.3) is 0 Å². The first-order valence-corrected chi connectivity index (χ1v) is 5.59. The highest BCUT2D eigenvalue weighted by molar-refractivity contribution is 5.85. The monoisotopic (exact) mass is 242 g/mol. The van der Waals surface area contributed by atoms with E-state index in [1.165, 1.54) is 12.8 Å². The number of piperidine rings is 1. The van der Waals surface area contributed by atoms with E-state index in [0.717, 1.165) is 31.3 Å². The van der Waals surface area contributed by atoms with Crippen LogP contribution in [0.15, 0.2) is 12.3 Å². The highest BCUT2D eigenvalue weighted by Gasteiger charge is 2.12. The van der Waals surface area contributed by atoms with Gasteiger partial charge in [-0.15, -0.1) is 12.4 Å². The molecule has 0 saturated carbocycles. The van der Waals surface area contributed by atoms with Gasteiger partial charge in [0.2, 0.25) is 5.95 Å². The van der Waals surface area contributed by atoms with Crippen molar-refractivity contribution in [1.29, 1.82) is 0 Å². The number of nitrogens with zero attached hydrogens (tertiary/aromatic N) is 2. The molecule has 1 atom stereocenters. The molecular formula is C11H19ClN4. The third kappa shape index (κ3) is 3.94. The van der Waals surface area contributed by atoms with Crippen molar-refractivity contribution < 1.29 is 0 Å². The minimum absolute atomic E-state index is 0. The lowest BCUT2D eigenvalue weighted by Gasteiger charge is -2.22. The first-order chi connectivity index (χ1) is 7.34. The Hall–Kier alpha value is -0.870. The molecule has 2 N–H and O–H groups in total. The fraction of sp³-hybridized carbons (Fsp3) is 0.636. The number of anilines is 1. The second kappa shape index (κ2) is 6.66. The van der Waals surface area contributed by atoms with E-state index >= 15 is 0 Å². The summed E-state index contributed by atoms with van der Waals surface area (Å²) in [7, 11) is 0. The van der Waals surface area contributed by atoms with Crippen LogP contribution in [0.1, 0.15) is 18.5 Å². The first-order valence-electron chi connectivity index (χ1n) is 5.59. The maximum atomic E-state index is 4.31. The Morgan fingerprint density at radius 2 is 2.44 bits per heavy atom. The van der Waals surface area contributed by atoms with Gasteiger partial charge in [-0.1, -0.05) is 0 Å². The fourth-order valence-corrected chi connectivity index (χ4v) is 1.87. The summed E-state index contributed by atoms with van der Waals surface area (Å²) in [6.45, 7) is 5.22. The number of rotatable bonds is 3. The summed E-state index contributed by atoms with van der Waals surface area (Å²) < 4.78 is 0. The third-order valence-corrected chi connectivity index (χ3v) is 2.74. The number of aryl methyl sites for hydroxylation is 1. The topological polar surface area (TPSA) is 49.8 Å². The maximum absolute atomic E-state index is 4.31. The molecule has 0 radical (unpaired) electrons. The van der Waals surface area contributed by atoms with Gasteiger partial charge in [-0.2, -0.15) is 0 Å². The minimum Gasteiger partial charge on any atom is -0.354 e. The van der Waals surface area contributed by atoms with Gasteiger partial charge in [0.25, 0.3) is 0 Å². The van der Waals surface area contributed by atoms with E-state index in [-0.39, 0.29) is 12.4 Å². The van der Waals surface area contributed by atoms with Crippen LogP contribution in [0.4, 0.5) is 5.95 Å². The Morgan fingerprint density at radius 1 is 1.56 bits per heavy atom. The SMILES string of the molecule is Cc1ccnc(NCC2CCCNC2)n1.Cl. The standard InChI is InChI=1S/C11H18N4.ClH/c1-9-4-6-13-11(15-9)14-8-10-3-2-5-12-7-10;/h4,6,10,12H,2-3,5,7-8H2,1H3,(H,13,14,15);1H. The highest BCUT2D eigenvalue weighted by atomic mass is 35.5. The lowest BCUT2D eigenvalue weighted by atomic mass is 10.00. The van der Waals surface area contributed by atoms with E-state index in [2.05, 4.69) is 20.6 Å². The summed E-state index contributed by atoms with van der Waals surface area (Å²) in [5.74, 6) is 1.46. The maximum Gasteiger partial charge on any atom is 0.222 e. The fourth-order valence-electron chi connectivity index (χ4n) is 1.87. The summed E-state index contributed by atoms with van der Waals surface area (Å²) in [4.78, 5) is 8.50. The molecule has 5 heteroatoms. The lowest BCUT2D eigenvalue weighted by molar-refractivity contribution is 0.392. The molecule has 2 rings (SSSR count). The molecule has 1 aliphatic rings. The van der Waals surface area contributed by atoms with Crippen LogP contribution in [0, 0.1) is 12.8 Å². The Bertz CT molecular complexity index is 313. The normalized spacial score (nSPS) is 19.9. The van der Waals surface area contributed by atoms with Crippen LogP contribution < -0.4 is 10.6 Å². The molecule has 1 fully saturated rings. The van der Waals surface area contributed by atoms with Crippen LogP contribution in [0.5, 0.6) is 0 Å². The summed E-state index contributed by atoms with van der Waals surface area (Å²) in [6.07, 6.45) is 4.37. The summed E-state index contributed by atoms with van der Waals surface area (Å²) in [6, 6.07) is 1.91. The highest BCUT2D eigenvalue weighted by Crippen LogP contribution is 2.10. The van der Waals surface area contributed by atoms with Crippen molar-refractivity contribution in [2.24, 2.45) is 5.92 Å². The molecule has 1 unspecified atom stereocenters. The Morgan fingerprint density at radius 3 is 3.12 bits per heavy atom. The van der Waals surface area contributed by atoms with Crippen LogP contribution in [0.2, 0.25) is 0 Å². The van der Waals surface area contributed by atoms with Gasteiger partial charge in [-0.25, -0.2) is 9.97 Å². The predicted octanol–water partition coefficient (Wildman–Crippen LogP) is 1.62. The summed E-state index contributed by atoms with van der Waals surface area (Å²) in [5.41, 5.74) is 1.01. The average molecular weight is 243 g/mol. The molecule has 1 aromatic rings. The molecule has 1 saturated heterocycles. The zero-order valence-electron chi connectivity index (χ0n) is 9.57. The van der Waals surface area contributed by atoms with Crippen molar-refractivity contribution in [1.82, 2.24) is 15.3 Å². The van der Waals surface area contributed by atoms with Gasteiger partial charge in [0.15, 0.2) is 0 Å². The third-order valence-electron chi connectivity index (χ3n) is 2.74. The van der Waals surface area contributed by atoms with Crippen molar-refractivity contribution in [3.63, 3.8) is 0 Å². The van der Waals surface area contributed by atoms with Gasteiger partial charge in [-0.3, -0.25) is 0 Å². The van der Waals surface area contributed by atoms with Crippen LogP contribution in [-0.4, -0.2) is 29.6 Å². The molecule has 1 aliphatic heterocycles. The van der Waals surface area contributed by atoms with Crippen molar-refractivity contribution >= 4 is 18.4 Å². The summed E-state index contributed by atoms with van der Waals surface area (Å²) >= 11 is 0. The van der Waals surface area contributed by atoms with E-state index in [1.54, 1.807) is 6.20 Å². The van der Waals surface area contributed by atoms with Crippen LogP contribution in [-0.2, 0) is 0 Å².